The fourth-order valence-electron chi connectivity index (χ4n) is 1.76. The molecule has 1 heterocycles. The van der Waals surface area contributed by atoms with Crippen molar-refractivity contribution in [1.82, 2.24) is 10.0 Å². The van der Waals surface area contributed by atoms with Crippen molar-refractivity contribution in [1.29, 1.82) is 0 Å². The van der Waals surface area contributed by atoms with Crippen molar-refractivity contribution in [2.75, 3.05) is 19.6 Å². The molecular formula is C10H18N2O3. The molecule has 0 aliphatic carbocycles. The third-order valence-corrected chi connectivity index (χ3v) is 2.46. The van der Waals surface area contributed by atoms with Crippen molar-refractivity contribution in [2.24, 2.45) is 0 Å². The van der Waals surface area contributed by atoms with Gasteiger partial charge in [-0.05, 0) is 12.8 Å². The van der Waals surface area contributed by atoms with Gasteiger partial charge in [-0.2, -0.15) is 0 Å². The number of carbonyl (C=O) groups excluding carboxylic acids is 1. The molecule has 0 saturated carbocycles. The van der Waals surface area contributed by atoms with Crippen LogP contribution in [0.1, 0.15) is 32.6 Å². The van der Waals surface area contributed by atoms with Crippen LogP contribution in [0.15, 0.2) is 0 Å². The third kappa shape index (κ3) is 3.51. The van der Waals surface area contributed by atoms with E-state index in [4.69, 9.17) is 5.11 Å². The highest BCUT2D eigenvalue weighted by molar-refractivity contribution is 5.76. The van der Waals surface area contributed by atoms with E-state index in [2.05, 4.69) is 0 Å². The number of rotatable bonds is 5. The van der Waals surface area contributed by atoms with Crippen molar-refractivity contribution in [3.8, 4) is 0 Å². The van der Waals surface area contributed by atoms with E-state index in [-0.39, 0.29) is 12.3 Å². The summed E-state index contributed by atoms with van der Waals surface area (Å²) in [4.78, 5) is 22.0. The fourth-order valence-corrected chi connectivity index (χ4v) is 1.76. The van der Waals surface area contributed by atoms with Crippen LogP contribution in [0.5, 0.6) is 0 Å². The van der Waals surface area contributed by atoms with E-state index >= 15 is 0 Å². The average molecular weight is 214 g/mol. The molecule has 5 nitrogen and oxygen atoms in total. The van der Waals surface area contributed by atoms with Crippen molar-refractivity contribution < 1.29 is 14.7 Å². The summed E-state index contributed by atoms with van der Waals surface area (Å²) in [5.74, 6) is -0.696. The quantitative estimate of drug-likeness (QED) is 0.732. The number of nitrogens with zero attached hydrogens (tertiary/aromatic N) is 2. The predicted octanol–water partition coefficient (Wildman–Crippen LogP) is 0.710. The van der Waals surface area contributed by atoms with Crippen LogP contribution in [-0.2, 0) is 9.59 Å². The highest BCUT2D eigenvalue weighted by atomic mass is 16.4. The Morgan fingerprint density at radius 1 is 1.47 bits per heavy atom. The first-order valence-corrected chi connectivity index (χ1v) is 5.42. The van der Waals surface area contributed by atoms with E-state index in [1.807, 2.05) is 11.9 Å². The maximum atomic E-state index is 11.6. The maximum absolute atomic E-state index is 11.6. The summed E-state index contributed by atoms with van der Waals surface area (Å²) >= 11 is 0. The Labute approximate surface area is 89.6 Å². The summed E-state index contributed by atoms with van der Waals surface area (Å²) in [6.07, 6.45) is 2.41. The first kappa shape index (κ1) is 12.0. The topological polar surface area (TPSA) is 60.9 Å². The molecule has 15 heavy (non-hydrogen) atoms. The minimum Gasteiger partial charge on any atom is -0.481 e. The molecule has 1 saturated heterocycles. The van der Waals surface area contributed by atoms with Crippen LogP contribution in [0.3, 0.4) is 0 Å². The molecular weight excluding hydrogens is 196 g/mol. The van der Waals surface area contributed by atoms with Gasteiger partial charge < -0.3 is 5.11 Å². The SMILES string of the molecule is CCCN1C(=O)CCCN1CCC(=O)O. The van der Waals surface area contributed by atoms with Gasteiger partial charge >= 0.3 is 5.97 Å². The highest BCUT2D eigenvalue weighted by Gasteiger charge is 2.25. The highest BCUT2D eigenvalue weighted by Crippen LogP contribution is 2.13. The molecule has 86 valence electrons. The molecule has 0 unspecified atom stereocenters. The Hall–Kier alpha value is -1.10. The zero-order valence-corrected chi connectivity index (χ0v) is 9.11. The molecule has 0 radical (unpaired) electrons. The Bertz CT molecular complexity index is 243. The maximum Gasteiger partial charge on any atom is 0.304 e. The lowest BCUT2D eigenvalue weighted by Gasteiger charge is -2.38. The van der Waals surface area contributed by atoms with Gasteiger partial charge in [-0.1, -0.05) is 6.92 Å². The second kappa shape index (κ2) is 5.70. The molecule has 0 aromatic heterocycles. The summed E-state index contributed by atoms with van der Waals surface area (Å²) in [5.41, 5.74) is 0. The number of carboxylic acids is 1. The molecule has 1 aliphatic heterocycles. The lowest BCUT2D eigenvalue weighted by Crippen LogP contribution is -2.51. The van der Waals surface area contributed by atoms with E-state index in [1.165, 1.54) is 0 Å². The first-order chi connectivity index (χ1) is 7.15. The zero-order valence-electron chi connectivity index (χ0n) is 9.11. The minimum absolute atomic E-state index is 0.0908. The summed E-state index contributed by atoms with van der Waals surface area (Å²) < 4.78 is 0. The lowest BCUT2D eigenvalue weighted by molar-refractivity contribution is -0.157. The number of carboxylic acid groups (broad SMARTS) is 1. The molecule has 1 rings (SSSR count). The van der Waals surface area contributed by atoms with Gasteiger partial charge in [-0.15, -0.1) is 0 Å². The standard InChI is InChI=1S/C10H18N2O3/c1-2-6-12-9(13)4-3-7-11(12)8-5-10(14)15/h2-8H2,1H3,(H,14,15). The Morgan fingerprint density at radius 2 is 2.20 bits per heavy atom. The summed E-state index contributed by atoms with van der Waals surface area (Å²) in [5, 5.41) is 12.2. The first-order valence-electron chi connectivity index (χ1n) is 5.42. The number of hydrogen-bond acceptors (Lipinski definition) is 3. The fraction of sp³-hybridized carbons (Fsp3) is 0.800. The van der Waals surface area contributed by atoms with E-state index in [0.29, 0.717) is 19.5 Å². The zero-order chi connectivity index (χ0) is 11.3. The van der Waals surface area contributed by atoms with Crippen LogP contribution in [-0.4, -0.2) is 46.6 Å². The molecule has 0 aromatic rings. The van der Waals surface area contributed by atoms with Gasteiger partial charge in [0.25, 0.3) is 0 Å². The van der Waals surface area contributed by atoms with Crippen molar-refractivity contribution in [2.45, 2.75) is 32.6 Å². The van der Waals surface area contributed by atoms with Crippen LogP contribution < -0.4 is 0 Å². The van der Waals surface area contributed by atoms with Gasteiger partial charge in [0.2, 0.25) is 5.91 Å². The van der Waals surface area contributed by atoms with Gasteiger partial charge in [0.1, 0.15) is 0 Å². The molecule has 1 fully saturated rings. The van der Waals surface area contributed by atoms with Gasteiger partial charge in [-0.25, -0.2) is 5.01 Å². The van der Waals surface area contributed by atoms with Crippen LogP contribution in [0.4, 0.5) is 0 Å². The summed E-state index contributed by atoms with van der Waals surface area (Å²) in [7, 11) is 0. The second-order valence-electron chi connectivity index (χ2n) is 3.72. The molecule has 0 atom stereocenters. The molecule has 5 heteroatoms. The van der Waals surface area contributed by atoms with Crippen LogP contribution in [0.2, 0.25) is 0 Å². The molecule has 0 bridgehead atoms. The number of amides is 1. The van der Waals surface area contributed by atoms with Gasteiger partial charge in [0, 0.05) is 26.1 Å². The summed E-state index contributed by atoms with van der Waals surface area (Å²) in [6, 6.07) is 0. The van der Waals surface area contributed by atoms with Crippen LogP contribution >= 0.6 is 0 Å². The predicted molar refractivity (Wildman–Crippen MR) is 55.1 cm³/mol. The van der Waals surface area contributed by atoms with Crippen LogP contribution in [0.25, 0.3) is 0 Å². The molecule has 0 spiro atoms. The molecule has 1 aliphatic rings. The number of hydrogen-bond donors (Lipinski definition) is 1. The largest absolute Gasteiger partial charge is 0.481 e. The normalized spacial score (nSPS) is 18.2. The van der Waals surface area contributed by atoms with E-state index in [0.717, 1.165) is 19.4 Å². The molecule has 1 N–H and O–H groups in total. The number of hydrazine groups is 1. The summed E-state index contributed by atoms with van der Waals surface area (Å²) in [6.45, 7) is 3.93. The number of carbonyl (C=O) groups is 2. The smallest absolute Gasteiger partial charge is 0.304 e. The monoisotopic (exact) mass is 214 g/mol. The van der Waals surface area contributed by atoms with Gasteiger partial charge in [0.05, 0.1) is 6.42 Å². The second-order valence-corrected chi connectivity index (χ2v) is 3.72. The Balaban J connectivity index is 2.50. The van der Waals surface area contributed by atoms with E-state index in [1.54, 1.807) is 5.01 Å². The molecule has 1 amide bonds. The third-order valence-electron chi connectivity index (χ3n) is 2.46. The number of aliphatic carboxylic acids is 1. The van der Waals surface area contributed by atoms with E-state index < -0.39 is 5.97 Å². The Kier molecular flexibility index (Phi) is 4.55. The van der Waals surface area contributed by atoms with E-state index in [9.17, 15) is 9.59 Å². The van der Waals surface area contributed by atoms with Crippen molar-refractivity contribution >= 4 is 11.9 Å². The molecule has 0 aromatic carbocycles. The Morgan fingerprint density at radius 3 is 2.80 bits per heavy atom. The lowest BCUT2D eigenvalue weighted by atomic mass is 10.2. The van der Waals surface area contributed by atoms with Gasteiger partial charge in [0.15, 0.2) is 0 Å². The van der Waals surface area contributed by atoms with Crippen molar-refractivity contribution in [3.63, 3.8) is 0 Å². The van der Waals surface area contributed by atoms with Crippen molar-refractivity contribution in [3.05, 3.63) is 0 Å². The van der Waals surface area contributed by atoms with Crippen LogP contribution in [0, 0.1) is 0 Å². The van der Waals surface area contributed by atoms with Gasteiger partial charge in [-0.3, -0.25) is 14.6 Å². The average Bonchev–Trinajstić information content (AvgIpc) is 2.19. The minimum atomic E-state index is -0.815.